The Morgan fingerprint density at radius 3 is 3.00 bits per heavy atom. The van der Waals surface area contributed by atoms with E-state index in [0.29, 0.717) is 12.0 Å². The molecule has 1 aromatic rings. The number of hydrogen-bond acceptors (Lipinski definition) is 3. The Hall–Kier alpha value is -0.0900. The molecular formula is C11H17ClN2S. The molecule has 1 aliphatic rings. The Balaban J connectivity index is 1.94. The average molecular weight is 245 g/mol. The molecule has 2 rings (SSSR count). The topological polar surface area (TPSA) is 29.3 Å². The summed E-state index contributed by atoms with van der Waals surface area (Å²) in [7, 11) is 2.15. The fraction of sp³-hybridized carbons (Fsp3) is 0.636. The second-order valence-corrected chi connectivity index (χ2v) is 6.09. The van der Waals surface area contributed by atoms with Gasteiger partial charge in [0.1, 0.15) is 0 Å². The minimum atomic E-state index is 0.336. The highest BCUT2D eigenvalue weighted by Gasteiger charge is 2.22. The first-order valence-electron chi connectivity index (χ1n) is 5.30. The van der Waals surface area contributed by atoms with Crippen molar-refractivity contribution in [3.8, 4) is 0 Å². The molecule has 0 radical (unpaired) electrons. The highest BCUT2D eigenvalue weighted by atomic mass is 35.5. The van der Waals surface area contributed by atoms with Gasteiger partial charge in [0.25, 0.3) is 0 Å². The summed E-state index contributed by atoms with van der Waals surface area (Å²) >= 11 is 7.53. The molecule has 2 nitrogen and oxygen atoms in total. The van der Waals surface area contributed by atoms with Gasteiger partial charge in [0, 0.05) is 19.1 Å². The summed E-state index contributed by atoms with van der Waals surface area (Å²) in [4.78, 5) is 2.33. The Labute approximate surface area is 100 Å². The van der Waals surface area contributed by atoms with Crippen LogP contribution in [0.3, 0.4) is 0 Å². The molecule has 4 heteroatoms. The van der Waals surface area contributed by atoms with E-state index in [4.69, 9.17) is 17.3 Å². The van der Waals surface area contributed by atoms with Gasteiger partial charge in [-0.05, 0) is 42.8 Å². The number of hydrogen-bond donors (Lipinski definition) is 1. The number of thiophene rings is 1. The molecular weight excluding hydrogens is 228 g/mol. The highest BCUT2D eigenvalue weighted by Crippen LogP contribution is 2.25. The molecule has 2 heterocycles. The Morgan fingerprint density at radius 1 is 1.60 bits per heavy atom. The lowest BCUT2D eigenvalue weighted by atomic mass is 9.90. The number of likely N-dealkylation sites (N-methyl/N-ethyl adjacent to an activating group) is 1. The molecule has 0 aromatic carbocycles. The summed E-state index contributed by atoms with van der Waals surface area (Å²) in [5, 5.41) is 2.16. The third-order valence-electron chi connectivity index (χ3n) is 2.90. The Kier molecular flexibility index (Phi) is 3.67. The molecule has 2 N–H and O–H groups in total. The zero-order chi connectivity index (χ0) is 10.8. The lowest BCUT2D eigenvalue weighted by Gasteiger charge is -2.33. The molecule has 1 fully saturated rings. The van der Waals surface area contributed by atoms with Crippen LogP contribution >= 0.6 is 22.9 Å². The summed E-state index contributed by atoms with van der Waals surface area (Å²) in [5.41, 5.74) is 7.37. The predicted octanol–water partition coefficient (Wildman–Crippen LogP) is 2.22. The van der Waals surface area contributed by atoms with Crippen LogP contribution in [-0.2, 0) is 6.42 Å². The van der Waals surface area contributed by atoms with Gasteiger partial charge in [0.2, 0.25) is 0 Å². The molecule has 2 atom stereocenters. The standard InChI is InChI=1S/C11H17ClN2S/c1-14-5-8(3-10(13)6-14)2-9-4-11(12)15-7-9/h4,7-8,10H,2-3,5-6,13H2,1H3. The fourth-order valence-corrected chi connectivity index (χ4v) is 3.35. The molecule has 0 bridgehead atoms. The normalized spacial score (nSPS) is 28.2. The summed E-state index contributed by atoms with van der Waals surface area (Å²) in [6.45, 7) is 2.18. The molecule has 1 aromatic heterocycles. The molecule has 0 amide bonds. The van der Waals surface area contributed by atoms with Crippen LogP contribution in [0.25, 0.3) is 0 Å². The van der Waals surface area contributed by atoms with Crippen LogP contribution in [0.1, 0.15) is 12.0 Å². The second-order valence-electron chi connectivity index (χ2n) is 4.55. The molecule has 0 spiro atoms. The first kappa shape index (κ1) is 11.4. The number of piperidine rings is 1. The van der Waals surface area contributed by atoms with Crippen molar-refractivity contribution in [2.24, 2.45) is 11.7 Å². The van der Waals surface area contributed by atoms with Gasteiger partial charge in [-0.25, -0.2) is 0 Å². The van der Waals surface area contributed by atoms with E-state index in [1.807, 2.05) is 0 Å². The van der Waals surface area contributed by atoms with Crippen LogP contribution in [0, 0.1) is 5.92 Å². The van der Waals surface area contributed by atoms with Crippen LogP contribution in [-0.4, -0.2) is 31.1 Å². The molecule has 84 valence electrons. The third kappa shape index (κ3) is 3.18. The van der Waals surface area contributed by atoms with Crippen molar-refractivity contribution in [2.45, 2.75) is 18.9 Å². The van der Waals surface area contributed by atoms with Crippen LogP contribution < -0.4 is 5.73 Å². The first-order valence-corrected chi connectivity index (χ1v) is 6.56. The lowest BCUT2D eigenvalue weighted by Crippen LogP contribution is -2.45. The maximum Gasteiger partial charge on any atom is 0.0931 e. The SMILES string of the molecule is CN1CC(N)CC(Cc2csc(Cl)c2)C1. The van der Waals surface area contributed by atoms with E-state index in [-0.39, 0.29) is 0 Å². The molecule has 0 saturated carbocycles. The maximum absolute atomic E-state index is 6.01. The quantitative estimate of drug-likeness (QED) is 0.865. The minimum Gasteiger partial charge on any atom is -0.327 e. The van der Waals surface area contributed by atoms with Crippen molar-refractivity contribution in [1.29, 1.82) is 0 Å². The molecule has 1 saturated heterocycles. The van der Waals surface area contributed by atoms with E-state index in [1.165, 1.54) is 5.56 Å². The van der Waals surface area contributed by atoms with E-state index < -0.39 is 0 Å². The highest BCUT2D eigenvalue weighted by molar-refractivity contribution is 7.14. The van der Waals surface area contributed by atoms with Crippen LogP contribution in [0.4, 0.5) is 0 Å². The van der Waals surface area contributed by atoms with Gasteiger partial charge in [0.15, 0.2) is 0 Å². The predicted molar refractivity (Wildman–Crippen MR) is 66.6 cm³/mol. The molecule has 15 heavy (non-hydrogen) atoms. The number of likely N-dealkylation sites (tertiary alicyclic amines) is 1. The molecule has 2 unspecified atom stereocenters. The monoisotopic (exact) mass is 244 g/mol. The van der Waals surface area contributed by atoms with Crippen molar-refractivity contribution >= 4 is 22.9 Å². The van der Waals surface area contributed by atoms with Gasteiger partial charge < -0.3 is 10.6 Å². The van der Waals surface area contributed by atoms with Crippen molar-refractivity contribution in [3.05, 3.63) is 21.3 Å². The van der Waals surface area contributed by atoms with Gasteiger partial charge in [-0.1, -0.05) is 11.6 Å². The van der Waals surface area contributed by atoms with Crippen LogP contribution in [0.15, 0.2) is 11.4 Å². The maximum atomic E-state index is 6.01. The van der Waals surface area contributed by atoms with E-state index in [2.05, 4.69) is 23.4 Å². The molecule has 0 aliphatic carbocycles. The second kappa shape index (κ2) is 4.83. The van der Waals surface area contributed by atoms with Crippen molar-refractivity contribution < 1.29 is 0 Å². The van der Waals surface area contributed by atoms with E-state index in [0.717, 1.165) is 30.3 Å². The van der Waals surface area contributed by atoms with E-state index in [1.54, 1.807) is 11.3 Å². The van der Waals surface area contributed by atoms with Crippen molar-refractivity contribution in [3.63, 3.8) is 0 Å². The third-order valence-corrected chi connectivity index (χ3v) is 4.04. The summed E-state index contributed by atoms with van der Waals surface area (Å²) in [6, 6.07) is 2.41. The lowest BCUT2D eigenvalue weighted by molar-refractivity contribution is 0.188. The van der Waals surface area contributed by atoms with Crippen LogP contribution in [0.2, 0.25) is 4.34 Å². The van der Waals surface area contributed by atoms with Gasteiger partial charge in [-0.3, -0.25) is 0 Å². The largest absolute Gasteiger partial charge is 0.327 e. The first-order chi connectivity index (χ1) is 7.13. The minimum absolute atomic E-state index is 0.336. The van der Waals surface area contributed by atoms with Gasteiger partial charge in [0.05, 0.1) is 4.34 Å². The number of nitrogens with two attached hydrogens (primary N) is 1. The number of nitrogens with zero attached hydrogens (tertiary/aromatic N) is 1. The molecule has 1 aliphatic heterocycles. The summed E-state index contributed by atoms with van der Waals surface area (Å²) < 4.78 is 0.887. The summed E-state index contributed by atoms with van der Waals surface area (Å²) in [5.74, 6) is 0.685. The zero-order valence-electron chi connectivity index (χ0n) is 8.95. The van der Waals surface area contributed by atoms with Gasteiger partial charge >= 0.3 is 0 Å². The smallest absolute Gasteiger partial charge is 0.0931 e. The van der Waals surface area contributed by atoms with Gasteiger partial charge in [-0.2, -0.15) is 0 Å². The Bertz CT molecular complexity index is 316. The fourth-order valence-electron chi connectivity index (χ4n) is 2.43. The average Bonchev–Trinajstić information content (AvgIpc) is 2.49. The van der Waals surface area contributed by atoms with Crippen molar-refractivity contribution in [2.75, 3.05) is 20.1 Å². The summed E-state index contributed by atoms with van der Waals surface area (Å²) in [6.07, 6.45) is 2.25. The Morgan fingerprint density at radius 2 is 2.40 bits per heavy atom. The van der Waals surface area contributed by atoms with Gasteiger partial charge in [-0.15, -0.1) is 11.3 Å². The van der Waals surface area contributed by atoms with Crippen LogP contribution in [0.5, 0.6) is 0 Å². The van der Waals surface area contributed by atoms with E-state index >= 15 is 0 Å². The number of halogens is 1. The zero-order valence-corrected chi connectivity index (χ0v) is 10.5. The van der Waals surface area contributed by atoms with Crippen molar-refractivity contribution in [1.82, 2.24) is 4.90 Å². The number of rotatable bonds is 2. The van der Waals surface area contributed by atoms with E-state index in [9.17, 15) is 0 Å².